The van der Waals surface area contributed by atoms with Crippen molar-refractivity contribution in [2.45, 2.75) is 18.4 Å². The lowest BCUT2D eigenvalue weighted by Gasteiger charge is -2.08. The Morgan fingerprint density at radius 3 is 2.48 bits per heavy atom. The highest BCUT2D eigenvalue weighted by Crippen LogP contribution is 2.09. The first-order valence-electron chi connectivity index (χ1n) is 6.94. The molecule has 1 amide bonds. The minimum Gasteiger partial charge on any atom is -0.351 e. The molecule has 0 aromatic heterocycles. The monoisotopic (exact) mass is 336 g/mol. The second-order valence-electron chi connectivity index (χ2n) is 5.04. The van der Waals surface area contributed by atoms with Crippen LogP contribution in [0.2, 0.25) is 0 Å². The molecule has 7 heteroatoms. The minimum absolute atomic E-state index is 0.0922. The molecule has 0 saturated carbocycles. The molecule has 0 atom stereocenters. The van der Waals surface area contributed by atoms with E-state index in [1.807, 2.05) is 31.2 Å². The van der Waals surface area contributed by atoms with Crippen molar-refractivity contribution in [2.75, 3.05) is 6.54 Å². The van der Waals surface area contributed by atoms with Crippen molar-refractivity contribution in [3.8, 4) is 0 Å². The van der Waals surface area contributed by atoms with Gasteiger partial charge in [-0.25, -0.2) is 17.5 Å². The molecule has 2 rings (SSSR count). The van der Waals surface area contributed by atoms with Gasteiger partial charge in [0.15, 0.2) is 0 Å². The van der Waals surface area contributed by atoms with E-state index >= 15 is 0 Å². The first-order chi connectivity index (χ1) is 10.9. The van der Waals surface area contributed by atoms with Crippen LogP contribution in [0.3, 0.4) is 0 Å². The van der Waals surface area contributed by atoms with Crippen molar-refractivity contribution >= 4 is 15.9 Å². The van der Waals surface area contributed by atoms with Crippen molar-refractivity contribution in [3.63, 3.8) is 0 Å². The van der Waals surface area contributed by atoms with E-state index < -0.39 is 21.7 Å². The third-order valence-corrected chi connectivity index (χ3v) is 4.54. The van der Waals surface area contributed by atoms with Crippen LogP contribution < -0.4 is 10.0 Å². The van der Waals surface area contributed by atoms with Crippen LogP contribution in [0.5, 0.6) is 0 Å². The van der Waals surface area contributed by atoms with Gasteiger partial charge in [0.25, 0.3) is 0 Å². The molecule has 0 radical (unpaired) electrons. The smallest absolute Gasteiger partial charge is 0.241 e. The van der Waals surface area contributed by atoms with E-state index in [0.29, 0.717) is 6.54 Å². The van der Waals surface area contributed by atoms with Gasteiger partial charge in [-0.15, -0.1) is 0 Å². The molecule has 0 aliphatic rings. The summed E-state index contributed by atoms with van der Waals surface area (Å²) in [5.74, 6) is -0.975. The standard InChI is InChI=1S/C16H17FN2O3S/c1-12-3-2-4-13(9-12)10-18-16(20)11-19-23(21,22)15-7-5-14(17)6-8-15/h2-9,19H,10-11H2,1H3,(H,18,20). The second kappa shape index (κ2) is 7.34. The van der Waals surface area contributed by atoms with Crippen LogP contribution in [0.15, 0.2) is 53.4 Å². The molecule has 0 aliphatic carbocycles. The maximum Gasteiger partial charge on any atom is 0.241 e. The molecule has 0 saturated heterocycles. The molecule has 23 heavy (non-hydrogen) atoms. The highest BCUT2D eigenvalue weighted by atomic mass is 32.2. The lowest BCUT2D eigenvalue weighted by atomic mass is 10.1. The predicted molar refractivity (Wildman–Crippen MR) is 84.6 cm³/mol. The number of halogens is 1. The van der Waals surface area contributed by atoms with E-state index in [-0.39, 0.29) is 11.4 Å². The number of carbonyl (C=O) groups excluding carboxylic acids is 1. The fraction of sp³-hybridized carbons (Fsp3) is 0.188. The molecule has 122 valence electrons. The number of hydrogen-bond acceptors (Lipinski definition) is 3. The Bertz CT molecular complexity index is 789. The number of rotatable bonds is 6. The van der Waals surface area contributed by atoms with Gasteiger partial charge in [-0.1, -0.05) is 29.8 Å². The van der Waals surface area contributed by atoms with Gasteiger partial charge < -0.3 is 5.32 Å². The number of nitrogens with one attached hydrogen (secondary N) is 2. The van der Waals surface area contributed by atoms with Crippen LogP contribution in [0, 0.1) is 12.7 Å². The first-order valence-corrected chi connectivity index (χ1v) is 8.42. The normalized spacial score (nSPS) is 11.2. The third-order valence-electron chi connectivity index (χ3n) is 3.12. The van der Waals surface area contributed by atoms with E-state index in [0.717, 1.165) is 35.4 Å². The molecule has 0 fully saturated rings. The van der Waals surface area contributed by atoms with Crippen LogP contribution in [0.1, 0.15) is 11.1 Å². The Morgan fingerprint density at radius 1 is 1.13 bits per heavy atom. The average Bonchev–Trinajstić information content (AvgIpc) is 2.51. The maximum atomic E-state index is 12.8. The van der Waals surface area contributed by atoms with Gasteiger partial charge in [0.1, 0.15) is 5.82 Å². The van der Waals surface area contributed by atoms with Crippen molar-refractivity contribution in [2.24, 2.45) is 0 Å². The minimum atomic E-state index is -3.84. The Morgan fingerprint density at radius 2 is 1.83 bits per heavy atom. The number of carbonyl (C=O) groups is 1. The number of hydrogen-bond donors (Lipinski definition) is 2. The van der Waals surface area contributed by atoms with Gasteiger partial charge in [-0.2, -0.15) is 0 Å². The van der Waals surface area contributed by atoms with Crippen molar-refractivity contribution in [1.29, 1.82) is 0 Å². The van der Waals surface area contributed by atoms with Gasteiger partial charge in [0.05, 0.1) is 11.4 Å². The molecular weight excluding hydrogens is 319 g/mol. The summed E-state index contributed by atoms with van der Waals surface area (Å²) in [4.78, 5) is 11.6. The van der Waals surface area contributed by atoms with Gasteiger partial charge >= 0.3 is 0 Å². The molecule has 0 spiro atoms. The Labute approximate surface area is 134 Å². The zero-order valence-electron chi connectivity index (χ0n) is 12.5. The summed E-state index contributed by atoms with van der Waals surface area (Å²) < 4.78 is 38.9. The molecule has 5 nitrogen and oxygen atoms in total. The van der Waals surface area contributed by atoms with Crippen molar-refractivity contribution in [1.82, 2.24) is 10.0 Å². The van der Waals surface area contributed by atoms with E-state index in [1.54, 1.807) is 0 Å². The Balaban J connectivity index is 1.87. The summed E-state index contributed by atoms with van der Waals surface area (Å²) in [6.07, 6.45) is 0. The van der Waals surface area contributed by atoms with Crippen LogP contribution in [-0.2, 0) is 21.4 Å². The summed E-state index contributed by atoms with van der Waals surface area (Å²) in [5.41, 5.74) is 2.01. The van der Waals surface area contributed by atoms with Crippen molar-refractivity contribution in [3.05, 3.63) is 65.5 Å². The zero-order valence-corrected chi connectivity index (χ0v) is 13.4. The van der Waals surface area contributed by atoms with Gasteiger partial charge in [-0.05, 0) is 36.8 Å². The summed E-state index contributed by atoms with van der Waals surface area (Å²) in [5, 5.41) is 2.63. The van der Waals surface area contributed by atoms with Gasteiger partial charge in [-0.3, -0.25) is 4.79 Å². The number of aryl methyl sites for hydroxylation is 1. The van der Waals surface area contributed by atoms with E-state index in [2.05, 4.69) is 10.0 Å². The molecule has 0 bridgehead atoms. The average molecular weight is 336 g/mol. The quantitative estimate of drug-likeness (QED) is 0.843. The number of benzene rings is 2. The molecule has 0 aliphatic heterocycles. The van der Waals surface area contributed by atoms with E-state index in [4.69, 9.17) is 0 Å². The molecule has 2 N–H and O–H groups in total. The Kier molecular flexibility index (Phi) is 5.46. The molecule has 0 heterocycles. The third kappa shape index (κ3) is 5.15. The molecule has 0 unspecified atom stereocenters. The van der Waals surface area contributed by atoms with E-state index in [1.165, 1.54) is 0 Å². The second-order valence-corrected chi connectivity index (χ2v) is 6.81. The fourth-order valence-corrected chi connectivity index (χ4v) is 2.93. The van der Waals surface area contributed by atoms with Crippen LogP contribution in [0.25, 0.3) is 0 Å². The molecular formula is C16H17FN2O3S. The summed E-state index contributed by atoms with van der Waals surface area (Å²) in [6, 6.07) is 12.0. The number of amides is 1. The van der Waals surface area contributed by atoms with Crippen LogP contribution >= 0.6 is 0 Å². The summed E-state index contributed by atoms with van der Waals surface area (Å²) in [6.45, 7) is 1.88. The van der Waals surface area contributed by atoms with Gasteiger partial charge in [0, 0.05) is 6.54 Å². The Hall–Kier alpha value is -2.25. The predicted octanol–water partition coefficient (Wildman–Crippen LogP) is 1.73. The van der Waals surface area contributed by atoms with E-state index in [9.17, 15) is 17.6 Å². The first kappa shape index (κ1) is 17.1. The summed E-state index contributed by atoms with van der Waals surface area (Å²) in [7, 11) is -3.84. The molecule has 2 aromatic carbocycles. The van der Waals surface area contributed by atoms with Gasteiger partial charge in [0.2, 0.25) is 15.9 Å². The lowest BCUT2D eigenvalue weighted by molar-refractivity contribution is -0.120. The van der Waals surface area contributed by atoms with Crippen LogP contribution in [-0.4, -0.2) is 20.9 Å². The fourth-order valence-electron chi connectivity index (χ4n) is 1.94. The highest BCUT2D eigenvalue weighted by Gasteiger charge is 2.15. The summed E-state index contributed by atoms with van der Waals surface area (Å²) >= 11 is 0. The topological polar surface area (TPSA) is 75.3 Å². The zero-order chi connectivity index (χ0) is 16.9. The lowest BCUT2D eigenvalue weighted by Crippen LogP contribution is -2.36. The van der Waals surface area contributed by atoms with Crippen molar-refractivity contribution < 1.29 is 17.6 Å². The number of sulfonamides is 1. The SMILES string of the molecule is Cc1cccc(CNC(=O)CNS(=O)(=O)c2ccc(F)cc2)c1. The largest absolute Gasteiger partial charge is 0.351 e. The van der Waals surface area contributed by atoms with Crippen LogP contribution in [0.4, 0.5) is 4.39 Å². The highest BCUT2D eigenvalue weighted by molar-refractivity contribution is 7.89. The maximum absolute atomic E-state index is 12.8. The molecule has 2 aromatic rings.